The molecule has 0 radical (unpaired) electrons. The number of carbonyl (C=O) groups excluding carboxylic acids is 1. The van der Waals surface area contributed by atoms with Crippen LogP contribution < -0.4 is 4.74 Å². The van der Waals surface area contributed by atoms with Gasteiger partial charge in [0, 0.05) is 13.1 Å². The first-order valence-corrected chi connectivity index (χ1v) is 6.86. The Hall–Kier alpha value is -1.55. The maximum absolute atomic E-state index is 12.0. The first kappa shape index (κ1) is 13.9. The summed E-state index contributed by atoms with van der Waals surface area (Å²) in [4.78, 5) is 13.6. The van der Waals surface area contributed by atoms with Gasteiger partial charge in [0.1, 0.15) is 5.75 Å². The average Bonchev–Trinajstić information content (AvgIpc) is 2.45. The van der Waals surface area contributed by atoms with Crippen molar-refractivity contribution in [1.82, 2.24) is 4.90 Å². The molecule has 0 spiro atoms. The van der Waals surface area contributed by atoms with Crippen molar-refractivity contribution in [2.75, 3.05) is 19.7 Å². The number of hydrogen-bond donors (Lipinski definition) is 1. The molecule has 1 saturated heterocycles. The second-order valence-electron chi connectivity index (χ2n) is 4.93. The van der Waals surface area contributed by atoms with Crippen molar-refractivity contribution in [2.45, 2.75) is 32.3 Å². The Balaban J connectivity index is 1.85. The molecule has 1 atom stereocenters. The summed E-state index contributed by atoms with van der Waals surface area (Å²) >= 11 is 0. The van der Waals surface area contributed by atoms with E-state index in [0.717, 1.165) is 25.0 Å². The summed E-state index contributed by atoms with van der Waals surface area (Å²) in [5.74, 6) is 0.672. The van der Waals surface area contributed by atoms with E-state index in [1.54, 1.807) is 4.90 Å². The van der Waals surface area contributed by atoms with Crippen LogP contribution in [0.2, 0.25) is 0 Å². The minimum Gasteiger partial charge on any atom is -0.484 e. The number of carbonyl (C=O) groups is 1. The van der Waals surface area contributed by atoms with Crippen molar-refractivity contribution in [3.8, 4) is 5.75 Å². The van der Waals surface area contributed by atoms with Gasteiger partial charge in [-0.3, -0.25) is 4.79 Å². The van der Waals surface area contributed by atoms with Crippen molar-refractivity contribution in [2.24, 2.45) is 0 Å². The number of amides is 1. The van der Waals surface area contributed by atoms with E-state index >= 15 is 0 Å². The van der Waals surface area contributed by atoms with E-state index in [-0.39, 0.29) is 18.6 Å². The first-order valence-electron chi connectivity index (χ1n) is 6.86. The molecule has 1 aromatic carbocycles. The third-order valence-electron chi connectivity index (χ3n) is 3.42. The number of ether oxygens (including phenoxy) is 1. The summed E-state index contributed by atoms with van der Waals surface area (Å²) in [6, 6.07) is 7.79. The van der Waals surface area contributed by atoms with E-state index in [4.69, 9.17) is 4.74 Å². The molecular formula is C15H21NO3. The van der Waals surface area contributed by atoms with Gasteiger partial charge in [0.15, 0.2) is 6.61 Å². The zero-order valence-corrected chi connectivity index (χ0v) is 11.3. The first-order chi connectivity index (χ1) is 9.19. The lowest BCUT2D eigenvalue weighted by molar-refractivity contribution is -0.136. The number of benzene rings is 1. The molecule has 0 aromatic heterocycles. The van der Waals surface area contributed by atoms with Crippen molar-refractivity contribution in [1.29, 1.82) is 0 Å². The third kappa shape index (κ3) is 3.96. The molecule has 1 N–H and O–H groups in total. The number of aryl methyl sites for hydroxylation is 1. The Kier molecular flexibility index (Phi) is 4.80. The molecule has 2 rings (SSSR count). The van der Waals surface area contributed by atoms with Gasteiger partial charge in [-0.15, -0.1) is 0 Å². The lowest BCUT2D eigenvalue weighted by Gasteiger charge is -2.30. The maximum Gasteiger partial charge on any atom is 0.260 e. The average molecular weight is 263 g/mol. The largest absolute Gasteiger partial charge is 0.484 e. The molecule has 4 nitrogen and oxygen atoms in total. The molecule has 19 heavy (non-hydrogen) atoms. The van der Waals surface area contributed by atoms with Gasteiger partial charge in [0.2, 0.25) is 0 Å². The SMILES string of the molecule is CCc1cccc(OCC(=O)N2CCC[C@H](O)C2)c1. The molecule has 0 bridgehead atoms. The van der Waals surface area contributed by atoms with Crippen molar-refractivity contribution in [3.05, 3.63) is 29.8 Å². The topological polar surface area (TPSA) is 49.8 Å². The van der Waals surface area contributed by atoms with Crippen molar-refractivity contribution in [3.63, 3.8) is 0 Å². The molecule has 1 amide bonds. The zero-order chi connectivity index (χ0) is 13.7. The van der Waals surface area contributed by atoms with E-state index in [2.05, 4.69) is 6.92 Å². The van der Waals surface area contributed by atoms with Crippen LogP contribution >= 0.6 is 0 Å². The van der Waals surface area contributed by atoms with Gasteiger partial charge in [0.25, 0.3) is 5.91 Å². The summed E-state index contributed by atoms with van der Waals surface area (Å²) in [5, 5.41) is 9.55. The molecule has 4 heteroatoms. The molecule has 1 aliphatic heterocycles. The highest BCUT2D eigenvalue weighted by atomic mass is 16.5. The monoisotopic (exact) mass is 263 g/mol. The molecular weight excluding hydrogens is 242 g/mol. The Labute approximate surface area is 114 Å². The highest BCUT2D eigenvalue weighted by Gasteiger charge is 2.22. The minimum absolute atomic E-state index is 0.0416. The number of piperidine rings is 1. The van der Waals surface area contributed by atoms with Gasteiger partial charge in [0.05, 0.1) is 6.10 Å². The number of β-amino-alcohol motifs (C(OH)–C–C–N with tert-alkyl or cyclic N) is 1. The van der Waals surface area contributed by atoms with Crippen LogP contribution in [0.1, 0.15) is 25.3 Å². The third-order valence-corrected chi connectivity index (χ3v) is 3.42. The molecule has 0 saturated carbocycles. The van der Waals surface area contributed by atoms with Crippen LogP contribution in [0.5, 0.6) is 5.75 Å². The van der Waals surface area contributed by atoms with Crippen LogP contribution in [0.25, 0.3) is 0 Å². The van der Waals surface area contributed by atoms with E-state index in [1.807, 2.05) is 24.3 Å². The second-order valence-corrected chi connectivity index (χ2v) is 4.93. The maximum atomic E-state index is 12.0. The van der Waals surface area contributed by atoms with Gasteiger partial charge in [-0.05, 0) is 37.0 Å². The van der Waals surface area contributed by atoms with Gasteiger partial charge in [-0.2, -0.15) is 0 Å². The van der Waals surface area contributed by atoms with E-state index in [9.17, 15) is 9.90 Å². The number of rotatable bonds is 4. The van der Waals surface area contributed by atoms with Gasteiger partial charge in [-0.1, -0.05) is 19.1 Å². The predicted molar refractivity (Wildman–Crippen MR) is 73.1 cm³/mol. The van der Waals surface area contributed by atoms with Gasteiger partial charge < -0.3 is 14.7 Å². The summed E-state index contributed by atoms with van der Waals surface area (Å²) in [6.07, 6.45) is 2.20. The Morgan fingerprint density at radius 3 is 3.11 bits per heavy atom. The van der Waals surface area contributed by atoms with Crippen LogP contribution in [0, 0.1) is 0 Å². The second kappa shape index (κ2) is 6.57. The fourth-order valence-corrected chi connectivity index (χ4v) is 2.27. The molecule has 1 aliphatic rings. The summed E-state index contributed by atoms with van der Waals surface area (Å²) in [5.41, 5.74) is 1.19. The van der Waals surface area contributed by atoms with E-state index in [0.29, 0.717) is 13.1 Å². The fourth-order valence-electron chi connectivity index (χ4n) is 2.27. The number of likely N-dealkylation sites (tertiary alicyclic amines) is 1. The number of aliphatic hydroxyl groups excluding tert-OH is 1. The molecule has 0 unspecified atom stereocenters. The Bertz CT molecular complexity index is 433. The number of hydrogen-bond acceptors (Lipinski definition) is 3. The Morgan fingerprint density at radius 1 is 1.53 bits per heavy atom. The number of nitrogens with zero attached hydrogens (tertiary/aromatic N) is 1. The Morgan fingerprint density at radius 2 is 2.37 bits per heavy atom. The normalized spacial score (nSPS) is 19.3. The van der Waals surface area contributed by atoms with Gasteiger partial charge >= 0.3 is 0 Å². The highest BCUT2D eigenvalue weighted by molar-refractivity contribution is 5.77. The predicted octanol–water partition coefficient (Wildman–Crippen LogP) is 1.61. The molecule has 104 valence electrons. The van der Waals surface area contributed by atoms with Crippen molar-refractivity contribution >= 4 is 5.91 Å². The lowest BCUT2D eigenvalue weighted by atomic mass is 10.1. The highest BCUT2D eigenvalue weighted by Crippen LogP contribution is 2.15. The van der Waals surface area contributed by atoms with E-state index < -0.39 is 0 Å². The van der Waals surface area contributed by atoms with Crippen LogP contribution in [0.3, 0.4) is 0 Å². The molecule has 1 aromatic rings. The van der Waals surface area contributed by atoms with Crippen LogP contribution in [-0.2, 0) is 11.2 Å². The van der Waals surface area contributed by atoms with E-state index in [1.165, 1.54) is 5.56 Å². The standard InChI is InChI=1S/C15H21NO3/c1-2-12-5-3-7-14(9-12)19-11-15(18)16-8-4-6-13(17)10-16/h3,5,7,9,13,17H,2,4,6,8,10-11H2,1H3/t13-/m0/s1. The van der Waals surface area contributed by atoms with Crippen LogP contribution in [-0.4, -0.2) is 41.7 Å². The summed E-state index contributed by atoms with van der Waals surface area (Å²) < 4.78 is 5.53. The smallest absolute Gasteiger partial charge is 0.260 e. The minimum atomic E-state index is -0.388. The van der Waals surface area contributed by atoms with Crippen LogP contribution in [0.4, 0.5) is 0 Å². The quantitative estimate of drug-likeness (QED) is 0.898. The molecule has 0 aliphatic carbocycles. The fraction of sp³-hybridized carbons (Fsp3) is 0.533. The molecule has 1 fully saturated rings. The number of aliphatic hydroxyl groups is 1. The summed E-state index contributed by atoms with van der Waals surface area (Å²) in [7, 11) is 0. The summed E-state index contributed by atoms with van der Waals surface area (Å²) in [6.45, 7) is 3.27. The lowest BCUT2D eigenvalue weighted by Crippen LogP contribution is -2.44. The zero-order valence-electron chi connectivity index (χ0n) is 11.3. The van der Waals surface area contributed by atoms with Crippen LogP contribution in [0.15, 0.2) is 24.3 Å². The van der Waals surface area contributed by atoms with Gasteiger partial charge in [-0.25, -0.2) is 0 Å². The molecule has 1 heterocycles. The van der Waals surface area contributed by atoms with Crippen molar-refractivity contribution < 1.29 is 14.6 Å².